The zero-order valence-electron chi connectivity index (χ0n) is 7.27. The Morgan fingerprint density at radius 1 is 1.57 bits per heavy atom. The minimum atomic E-state index is -0.431. The Morgan fingerprint density at radius 2 is 2.29 bits per heavy atom. The molecular formula is C8H6BrN3O2. The third kappa shape index (κ3) is 1.19. The lowest BCUT2D eigenvalue weighted by Crippen LogP contribution is -1.91. The van der Waals surface area contributed by atoms with Crippen LogP contribution in [0.1, 0.15) is 0 Å². The number of nitrogens with zero attached hydrogens (tertiary/aromatic N) is 3. The van der Waals surface area contributed by atoms with E-state index in [1.165, 1.54) is 0 Å². The van der Waals surface area contributed by atoms with E-state index in [0.29, 0.717) is 9.99 Å². The lowest BCUT2D eigenvalue weighted by molar-refractivity contribution is -0.384. The van der Waals surface area contributed by atoms with Crippen LogP contribution in [0, 0.1) is 10.1 Å². The Hall–Kier alpha value is -1.43. The molecule has 0 aliphatic heterocycles. The minimum Gasteiger partial charge on any atom is -0.334 e. The van der Waals surface area contributed by atoms with Gasteiger partial charge in [0.2, 0.25) is 0 Å². The molecule has 0 saturated heterocycles. The number of rotatable bonds is 1. The quantitative estimate of drug-likeness (QED) is 0.580. The van der Waals surface area contributed by atoms with Gasteiger partial charge in [0.1, 0.15) is 0 Å². The second-order valence-electron chi connectivity index (χ2n) is 2.88. The molecular weight excluding hydrogens is 250 g/mol. The van der Waals surface area contributed by atoms with Gasteiger partial charge in [-0.15, -0.1) is 0 Å². The Bertz CT molecular complexity index is 521. The summed E-state index contributed by atoms with van der Waals surface area (Å²) in [5.41, 5.74) is 1.18. The molecule has 1 heterocycles. The summed E-state index contributed by atoms with van der Waals surface area (Å²) >= 11 is 3.14. The van der Waals surface area contributed by atoms with Gasteiger partial charge in [0.15, 0.2) is 5.52 Å². The molecule has 0 saturated carbocycles. The summed E-state index contributed by atoms with van der Waals surface area (Å²) in [6, 6.07) is 3.45. The SMILES string of the molecule is Cn1cnc2c([N+](=O)[O-])c(Br)ccc21. The van der Waals surface area contributed by atoms with Crippen molar-refractivity contribution < 1.29 is 4.92 Å². The van der Waals surface area contributed by atoms with Gasteiger partial charge in [-0.3, -0.25) is 10.1 Å². The highest BCUT2D eigenvalue weighted by Crippen LogP contribution is 2.31. The van der Waals surface area contributed by atoms with E-state index in [1.807, 2.05) is 0 Å². The summed E-state index contributed by atoms with van der Waals surface area (Å²) < 4.78 is 2.20. The van der Waals surface area contributed by atoms with Crippen molar-refractivity contribution in [1.82, 2.24) is 9.55 Å². The van der Waals surface area contributed by atoms with Crippen LogP contribution in [-0.2, 0) is 7.05 Å². The van der Waals surface area contributed by atoms with Gasteiger partial charge in [-0.1, -0.05) is 0 Å². The molecule has 0 amide bonds. The molecule has 1 aromatic carbocycles. The number of hydrogen-bond donors (Lipinski definition) is 0. The summed E-state index contributed by atoms with van der Waals surface area (Å²) in [7, 11) is 1.80. The van der Waals surface area contributed by atoms with Crippen LogP contribution in [0.25, 0.3) is 11.0 Å². The van der Waals surface area contributed by atoms with Crippen molar-refractivity contribution in [1.29, 1.82) is 0 Å². The third-order valence-electron chi connectivity index (χ3n) is 2.00. The summed E-state index contributed by atoms with van der Waals surface area (Å²) in [5, 5.41) is 10.8. The van der Waals surface area contributed by atoms with Crippen LogP contribution in [0.2, 0.25) is 0 Å². The van der Waals surface area contributed by atoms with E-state index in [1.54, 1.807) is 30.1 Å². The number of benzene rings is 1. The number of aryl methyl sites for hydroxylation is 1. The summed E-state index contributed by atoms with van der Waals surface area (Å²) in [6.07, 6.45) is 1.56. The molecule has 2 rings (SSSR count). The second-order valence-corrected chi connectivity index (χ2v) is 3.73. The molecule has 14 heavy (non-hydrogen) atoms. The Kier molecular flexibility index (Phi) is 1.99. The van der Waals surface area contributed by atoms with E-state index in [9.17, 15) is 10.1 Å². The maximum absolute atomic E-state index is 10.8. The van der Waals surface area contributed by atoms with Crippen molar-refractivity contribution in [2.24, 2.45) is 7.05 Å². The molecule has 6 heteroatoms. The van der Waals surface area contributed by atoms with Crippen LogP contribution in [0.3, 0.4) is 0 Å². The van der Waals surface area contributed by atoms with E-state index < -0.39 is 4.92 Å². The molecule has 72 valence electrons. The van der Waals surface area contributed by atoms with Gasteiger partial charge in [-0.25, -0.2) is 4.98 Å². The molecule has 2 aromatic rings. The summed E-state index contributed by atoms with van der Waals surface area (Å²) in [4.78, 5) is 14.3. The van der Waals surface area contributed by atoms with Crippen molar-refractivity contribution in [2.75, 3.05) is 0 Å². The average Bonchev–Trinajstić information content (AvgIpc) is 2.47. The van der Waals surface area contributed by atoms with E-state index >= 15 is 0 Å². The Balaban J connectivity index is 2.90. The van der Waals surface area contributed by atoms with Crippen LogP contribution in [0.15, 0.2) is 22.9 Å². The predicted octanol–water partition coefficient (Wildman–Crippen LogP) is 2.24. The van der Waals surface area contributed by atoms with Gasteiger partial charge in [0.25, 0.3) is 0 Å². The standard InChI is InChI=1S/C8H6BrN3O2/c1-11-4-10-7-6(11)3-2-5(9)8(7)12(13)14/h2-4H,1H3. The van der Waals surface area contributed by atoms with Crippen molar-refractivity contribution in [3.8, 4) is 0 Å². The smallest absolute Gasteiger partial charge is 0.311 e. The number of imidazole rings is 1. The van der Waals surface area contributed by atoms with Gasteiger partial charge in [0, 0.05) is 7.05 Å². The van der Waals surface area contributed by atoms with E-state index in [-0.39, 0.29) is 5.69 Å². The molecule has 0 fully saturated rings. The van der Waals surface area contributed by atoms with Crippen molar-refractivity contribution in [3.05, 3.63) is 33.0 Å². The molecule has 0 aliphatic carbocycles. The van der Waals surface area contributed by atoms with Crippen LogP contribution < -0.4 is 0 Å². The van der Waals surface area contributed by atoms with E-state index in [4.69, 9.17) is 0 Å². The maximum atomic E-state index is 10.8. The van der Waals surface area contributed by atoms with Gasteiger partial charge < -0.3 is 4.57 Å². The molecule has 5 nitrogen and oxygen atoms in total. The first-order valence-corrected chi connectivity index (χ1v) is 4.64. The van der Waals surface area contributed by atoms with Gasteiger partial charge in [0.05, 0.1) is 21.2 Å². The Morgan fingerprint density at radius 3 is 2.93 bits per heavy atom. The lowest BCUT2D eigenvalue weighted by atomic mass is 10.3. The number of hydrogen-bond acceptors (Lipinski definition) is 3. The number of nitro benzene ring substituents is 1. The van der Waals surface area contributed by atoms with Crippen molar-refractivity contribution in [3.63, 3.8) is 0 Å². The highest BCUT2D eigenvalue weighted by Gasteiger charge is 2.19. The lowest BCUT2D eigenvalue weighted by Gasteiger charge is -1.97. The highest BCUT2D eigenvalue weighted by molar-refractivity contribution is 9.10. The number of halogens is 1. The fraction of sp³-hybridized carbons (Fsp3) is 0.125. The van der Waals surface area contributed by atoms with Gasteiger partial charge in [-0.05, 0) is 28.1 Å². The molecule has 0 unspecified atom stereocenters. The fourth-order valence-corrected chi connectivity index (χ4v) is 1.80. The first kappa shape index (κ1) is 9.14. The normalized spacial score (nSPS) is 10.7. The maximum Gasteiger partial charge on any atom is 0.311 e. The highest BCUT2D eigenvalue weighted by atomic mass is 79.9. The van der Waals surface area contributed by atoms with Crippen LogP contribution in [0.5, 0.6) is 0 Å². The monoisotopic (exact) mass is 255 g/mol. The number of nitro groups is 1. The first-order chi connectivity index (χ1) is 6.61. The molecule has 0 spiro atoms. The van der Waals surface area contributed by atoms with Gasteiger partial charge in [-0.2, -0.15) is 0 Å². The molecule has 0 bridgehead atoms. The number of fused-ring (bicyclic) bond motifs is 1. The van der Waals surface area contributed by atoms with E-state index in [2.05, 4.69) is 20.9 Å². The minimum absolute atomic E-state index is 0.0168. The van der Waals surface area contributed by atoms with Crippen LogP contribution in [0.4, 0.5) is 5.69 Å². The van der Waals surface area contributed by atoms with Gasteiger partial charge >= 0.3 is 5.69 Å². The van der Waals surface area contributed by atoms with Crippen molar-refractivity contribution >= 4 is 32.7 Å². The molecule has 0 aliphatic rings. The average molecular weight is 256 g/mol. The zero-order chi connectivity index (χ0) is 10.3. The molecule has 0 radical (unpaired) electrons. The van der Waals surface area contributed by atoms with Crippen LogP contribution >= 0.6 is 15.9 Å². The zero-order valence-corrected chi connectivity index (χ0v) is 8.85. The van der Waals surface area contributed by atoms with E-state index in [0.717, 1.165) is 5.52 Å². The fourth-order valence-electron chi connectivity index (χ4n) is 1.34. The largest absolute Gasteiger partial charge is 0.334 e. The third-order valence-corrected chi connectivity index (χ3v) is 2.64. The van der Waals surface area contributed by atoms with Crippen molar-refractivity contribution in [2.45, 2.75) is 0 Å². The summed E-state index contributed by atoms with van der Waals surface area (Å²) in [5.74, 6) is 0. The predicted molar refractivity (Wildman–Crippen MR) is 55.1 cm³/mol. The summed E-state index contributed by atoms with van der Waals surface area (Å²) in [6.45, 7) is 0. The first-order valence-electron chi connectivity index (χ1n) is 3.85. The molecule has 1 aromatic heterocycles. The molecule has 0 N–H and O–H groups in total. The topological polar surface area (TPSA) is 61.0 Å². The van der Waals surface area contributed by atoms with Crippen LogP contribution in [-0.4, -0.2) is 14.5 Å². The Labute approximate surface area is 87.6 Å². The molecule has 0 atom stereocenters. The second kappa shape index (κ2) is 3.06. The number of aromatic nitrogens is 2.